The predicted octanol–water partition coefficient (Wildman–Crippen LogP) is 5.39. The van der Waals surface area contributed by atoms with Crippen molar-refractivity contribution in [1.82, 2.24) is 24.3 Å². The van der Waals surface area contributed by atoms with Gasteiger partial charge in [-0.2, -0.15) is 5.26 Å². The molecule has 0 radical (unpaired) electrons. The first-order chi connectivity index (χ1) is 20.1. The van der Waals surface area contributed by atoms with Crippen LogP contribution in [0, 0.1) is 17.1 Å². The van der Waals surface area contributed by atoms with Crippen LogP contribution in [0.5, 0.6) is 11.5 Å². The summed E-state index contributed by atoms with van der Waals surface area (Å²) in [6.07, 6.45) is 6.48. The van der Waals surface area contributed by atoms with Crippen molar-refractivity contribution in [3.05, 3.63) is 78.5 Å². The summed E-state index contributed by atoms with van der Waals surface area (Å²) < 4.78 is 23.2. The molecule has 2 N–H and O–H groups in total. The topological polar surface area (TPSA) is 113 Å². The number of nitrogens with two attached hydrogens (primary N) is 1. The summed E-state index contributed by atoms with van der Waals surface area (Å²) in [7, 11) is 3.81. The van der Waals surface area contributed by atoms with Crippen molar-refractivity contribution in [2.45, 2.75) is 44.8 Å². The predicted molar refractivity (Wildman–Crippen MR) is 160 cm³/mol. The lowest BCUT2D eigenvalue weighted by molar-refractivity contribution is -0.127. The van der Waals surface area contributed by atoms with E-state index in [4.69, 9.17) is 10.5 Å². The van der Waals surface area contributed by atoms with E-state index in [0.29, 0.717) is 46.7 Å². The van der Waals surface area contributed by atoms with E-state index < -0.39 is 11.4 Å². The van der Waals surface area contributed by atoms with Gasteiger partial charge in [0.15, 0.2) is 0 Å². The first-order valence-corrected chi connectivity index (χ1v) is 13.8. The molecule has 2 aromatic carbocycles. The van der Waals surface area contributed by atoms with Gasteiger partial charge in [-0.3, -0.25) is 4.79 Å². The van der Waals surface area contributed by atoms with E-state index >= 15 is 4.39 Å². The molecular formula is C32H34FN7O2. The SMILES string of the molecule is CN(C)C(C)(C)/C=C(\C#N)C(=O)N1CCC[C@H]1Cn1cc(-c2ccc(Oc3ccccc3)cc2F)c2c(N)ncnc21. The average Bonchev–Trinajstić information content (AvgIpc) is 3.58. The van der Waals surface area contributed by atoms with Crippen LogP contribution in [0.3, 0.4) is 0 Å². The summed E-state index contributed by atoms with van der Waals surface area (Å²) in [6.45, 7) is 4.86. The summed E-state index contributed by atoms with van der Waals surface area (Å²) in [6, 6.07) is 15.8. The van der Waals surface area contributed by atoms with Crippen LogP contribution in [0.1, 0.15) is 26.7 Å². The molecule has 10 heteroatoms. The Morgan fingerprint density at radius 3 is 2.64 bits per heavy atom. The average molecular weight is 568 g/mol. The number of carbonyl (C=O) groups is 1. The first-order valence-electron chi connectivity index (χ1n) is 13.8. The molecule has 1 amide bonds. The minimum Gasteiger partial charge on any atom is -0.457 e. The number of aromatic nitrogens is 3. The van der Waals surface area contributed by atoms with Gasteiger partial charge in [0.1, 0.15) is 46.8 Å². The highest BCUT2D eigenvalue weighted by Crippen LogP contribution is 2.37. The van der Waals surface area contributed by atoms with Crippen molar-refractivity contribution < 1.29 is 13.9 Å². The number of halogens is 1. The van der Waals surface area contributed by atoms with Crippen molar-refractivity contribution in [2.75, 3.05) is 26.4 Å². The fourth-order valence-electron chi connectivity index (χ4n) is 5.19. The highest BCUT2D eigenvalue weighted by molar-refractivity contribution is 6.01. The van der Waals surface area contributed by atoms with E-state index in [9.17, 15) is 10.1 Å². The van der Waals surface area contributed by atoms with Crippen LogP contribution in [-0.2, 0) is 11.3 Å². The normalized spacial score (nSPS) is 15.8. The summed E-state index contributed by atoms with van der Waals surface area (Å²) in [5.74, 6) is 0.442. The zero-order chi connectivity index (χ0) is 30.0. The minimum absolute atomic E-state index is 0.116. The molecule has 0 spiro atoms. The molecule has 2 aromatic heterocycles. The number of hydrogen-bond donors (Lipinski definition) is 1. The standard InChI is InChI=1S/C32H34FN7O2/c1-32(2,38(3)4)16-21(17-34)31(41)40-14-8-9-22(40)18-39-19-26(28-29(35)36-20-37-30(28)39)25-13-12-24(15-27(25)33)42-23-10-6-5-7-11-23/h5-7,10-13,15-16,19-20,22H,8-9,14,18H2,1-4H3,(H2,35,36,37)/b21-16+/t22-/m0/s1. The molecule has 4 aromatic rings. The number of para-hydroxylation sites is 1. The van der Waals surface area contributed by atoms with Gasteiger partial charge >= 0.3 is 0 Å². The molecule has 1 atom stereocenters. The van der Waals surface area contributed by atoms with Gasteiger partial charge in [-0.15, -0.1) is 0 Å². The summed E-state index contributed by atoms with van der Waals surface area (Å²) >= 11 is 0. The minimum atomic E-state index is -0.476. The third-order valence-electron chi connectivity index (χ3n) is 7.94. The quantitative estimate of drug-likeness (QED) is 0.224. The smallest absolute Gasteiger partial charge is 0.264 e. The number of nitriles is 1. The summed E-state index contributed by atoms with van der Waals surface area (Å²) in [4.78, 5) is 25.9. The molecule has 1 aliphatic heterocycles. The molecule has 3 heterocycles. The second kappa shape index (κ2) is 11.6. The number of likely N-dealkylation sites (tertiary alicyclic amines) is 1. The maximum atomic E-state index is 15.5. The fraction of sp³-hybridized carbons (Fsp3) is 0.312. The number of hydrogen-bond acceptors (Lipinski definition) is 7. The molecule has 216 valence electrons. The van der Waals surface area contributed by atoms with Crippen LogP contribution < -0.4 is 10.5 Å². The van der Waals surface area contributed by atoms with E-state index in [-0.39, 0.29) is 23.3 Å². The number of anilines is 1. The molecule has 0 unspecified atom stereocenters. The second-order valence-corrected chi connectivity index (χ2v) is 11.2. The largest absolute Gasteiger partial charge is 0.457 e. The number of likely N-dealkylation sites (N-methyl/N-ethyl adjacent to an activating group) is 1. The molecule has 1 saturated heterocycles. The Labute approximate surface area is 244 Å². The van der Waals surface area contributed by atoms with Crippen LogP contribution in [0.4, 0.5) is 10.2 Å². The number of fused-ring (bicyclic) bond motifs is 1. The van der Waals surface area contributed by atoms with E-state index in [1.807, 2.05) is 61.8 Å². The fourth-order valence-corrected chi connectivity index (χ4v) is 5.19. The number of carbonyl (C=O) groups excluding carboxylic acids is 1. The summed E-state index contributed by atoms with van der Waals surface area (Å²) in [5.41, 5.74) is 7.37. The van der Waals surface area contributed by atoms with Crippen LogP contribution in [-0.4, -0.2) is 62.5 Å². The van der Waals surface area contributed by atoms with Gasteiger partial charge in [0.25, 0.3) is 5.91 Å². The van der Waals surface area contributed by atoms with E-state index in [1.54, 1.807) is 35.2 Å². The summed E-state index contributed by atoms with van der Waals surface area (Å²) in [5, 5.41) is 10.4. The molecule has 1 fully saturated rings. The van der Waals surface area contributed by atoms with Crippen molar-refractivity contribution in [3.8, 4) is 28.7 Å². The first kappa shape index (κ1) is 28.8. The Bertz CT molecular complexity index is 1690. The van der Waals surface area contributed by atoms with Crippen LogP contribution in [0.2, 0.25) is 0 Å². The monoisotopic (exact) mass is 567 g/mol. The number of amides is 1. The number of nitrogens with zero attached hydrogens (tertiary/aromatic N) is 6. The molecule has 0 saturated carbocycles. The molecule has 5 rings (SSSR count). The zero-order valence-corrected chi connectivity index (χ0v) is 24.2. The number of ether oxygens (including phenoxy) is 1. The third-order valence-corrected chi connectivity index (χ3v) is 7.94. The van der Waals surface area contributed by atoms with Crippen molar-refractivity contribution in [1.29, 1.82) is 5.26 Å². The van der Waals surface area contributed by atoms with Gasteiger partial charge in [0, 0.05) is 42.0 Å². The Hall–Kier alpha value is -4.75. The molecular weight excluding hydrogens is 533 g/mol. The van der Waals surface area contributed by atoms with E-state index in [2.05, 4.69) is 16.0 Å². The molecule has 0 bridgehead atoms. The molecule has 1 aliphatic rings. The molecule has 9 nitrogen and oxygen atoms in total. The van der Waals surface area contributed by atoms with E-state index in [1.165, 1.54) is 12.4 Å². The third kappa shape index (κ3) is 5.69. The van der Waals surface area contributed by atoms with Gasteiger partial charge < -0.3 is 24.8 Å². The van der Waals surface area contributed by atoms with Crippen LogP contribution in [0.25, 0.3) is 22.2 Å². The Balaban J connectivity index is 1.46. The van der Waals surface area contributed by atoms with Crippen LogP contribution >= 0.6 is 0 Å². The maximum absolute atomic E-state index is 15.5. The Morgan fingerprint density at radius 1 is 1.19 bits per heavy atom. The molecule has 42 heavy (non-hydrogen) atoms. The number of rotatable bonds is 8. The lowest BCUT2D eigenvalue weighted by Gasteiger charge is -2.30. The van der Waals surface area contributed by atoms with Crippen molar-refractivity contribution in [3.63, 3.8) is 0 Å². The lowest BCUT2D eigenvalue weighted by atomic mass is 9.99. The number of nitrogen functional groups attached to an aromatic ring is 1. The maximum Gasteiger partial charge on any atom is 0.264 e. The molecule has 0 aliphatic carbocycles. The lowest BCUT2D eigenvalue weighted by Crippen LogP contribution is -2.41. The highest BCUT2D eigenvalue weighted by atomic mass is 19.1. The van der Waals surface area contributed by atoms with Gasteiger partial charge in [0.05, 0.1) is 11.4 Å². The Morgan fingerprint density at radius 2 is 1.95 bits per heavy atom. The van der Waals surface area contributed by atoms with Gasteiger partial charge in [-0.05, 0) is 71.1 Å². The van der Waals surface area contributed by atoms with Gasteiger partial charge in [-0.1, -0.05) is 18.2 Å². The van der Waals surface area contributed by atoms with Gasteiger partial charge in [0.2, 0.25) is 0 Å². The van der Waals surface area contributed by atoms with Crippen LogP contribution in [0.15, 0.2) is 72.7 Å². The Kier molecular flexibility index (Phi) is 7.96. The zero-order valence-electron chi connectivity index (χ0n) is 24.2. The van der Waals surface area contributed by atoms with Gasteiger partial charge in [-0.25, -0.2) is 14.4 Å². The van der Waals surface area contributed by atoms with E-state index in [0.717, 1.165) is 12.8 Å². The van der Waals surface area contributed by atoms with Crippen molar-refractivity contribution >= 4 is 22.8 Å². The number of benzene rings is 2. The van der Waals surface area contributed by atoms with Crippen molar-refractivity contribution in [2.24, 2.45) is 0 Å². The second-order valence-electron chi connectivity index (χ2n) is 11.2. The highest BCUT2D eigenvalue weighted by Gasteiger charge is 2.33.